The highest BCUT2D eigenvalue weighted by molar-refractivity contribution is 5.93. The summed E-state index contributed by atoms with van der Waals surface area (Å²) in [6.07, 6.45) is 0. The van der Waals surface area contributed by atoms with Crippen LogP contribution in [0.25, 0.3) is 0 Å². The Morgan fingerprint density at radius 1 is 1.11 bits per heavy atom. The van der Waals surface area contributed by atoms with E-state index in [1.54, 1.807) is 20.2 Å². The predicted molar refractivity (Wildman–Crippen MR) is 101 cm³/mol. The molecule has 1 heterocycles. The van der Waals surface area contributed by atoms with Gasteiger partial charge in [-0.15, -0.1) is 0 Å². The number of amides is 2. The first-order valence-electron chi connectivity index (χ1n) is 8.64. The maximum atomic E-state index is 12.3. The largest absolute Gasteiger partial charge is 0.452 e. The maximum absolute atomic E-state index is 12.3. The third kappa shape index (κ3) is 5.44. The Morgan fingerprint density at radius 2 is 1.78 bits per heavy atom. The van der Waals surface area contributed by atoms with E-state index in [2.05, 4.69) is 5.32 Å². The van der Waals surface area contributed by atoms with Crippen molar-refractivity contribution < 1.29 is 19.1 Å². The van der Waals surface area contributed by atoms with Crippen LogP contribution in [0.15, 0.2) is 36.4 Å². The molecule has 0 aliphatic heterocycles. The number of nitrogens with one attached hydrogen (secondary N) is 1. The van der Waals surface area contributed by atoms with Gasteiger partial charge in [0.05, 0.1) is 12.1 Å². The molecule has 7 heteroatoms. The van der Waals surface area contributed by atoms with Crippen LogP contribution in [0.4, 0.5) is 0 Å². The van der Waals surface area contributed by atoms with Gasteiger partial charge in [0, 0.05) is 32.0 Å². The van der Waals surface area contributed by atoms with Gasteiger partial charge in [-0.25, -0.2) is 4.79 Å². The molecule has 0 fully saturated rings. The van der Waals surface area contributed by atoms with Crippen molar-refractivity contribution in [3.05, 3.63) is 58.9 Å². The van der Waals surface area contributed by atoms with Gasteiger partial charge in [0.15, 0.2) is 6.61 Å². The Bertz CT molecular complexity index is 825. The smallest absolute Gasteiger partial charge is 0.340 e. The number of esters is 1. The lowest BCUT2D eigenvalue weighted by molar-refractivity contribution is -0.131. The van der Waals surface area contributed by atoms with E-state index in [0.29, 0.717) is 12.1 Å². The molecule has 0 spiro atoms. The van der Waals surface area contributed by atoms with Gasteiger partial charge < -0.3 is 19.5 Å². The molecular formula is C20H25N3O4. The topological polar surface area (TPSA) is 80.6 Å². The highest BCUT2D eigenvalue weighted by Gasteiger charge is 2.18. The number of rotatable bonds is 7. The molecule has 0 atom stereocenters. The van der Waals surface area contributed by atoms with Gasteiger partial charge >= 0.3 is 5.97 Å². The molecule has 2 aromatic rings. The molecule has 2 rings (SSSR count). The van der Waals surface area contributed by atoms with Crippen LogP contribution in [0, 0.1) is 13.8 Å². The summed E-state index contributed by atoms with van der Waals surface area (Å²) in [5.41, 5.74) is 3.28. The number of carbonyl (C=O) groups excluding carboxylic acids is 3. The van der Waals surface area contributed by atoms with Crippen molar-refractivity contribution in [1.29, 1.82) is 0 Å². The van der Waals surface area contributed by atoms with Crippen LogP contribution in [0.2, 0.25) is 0 Å². The number of likely N-dealkylation sites (N-methyl/N-ethyl adjacent to an activating group) is 1. The lowest BCUT2D eigenvalue weighted by Gasteiger charge is -2.11. The number of hydrogen-bond donors (Lipinski definition) is 1. The van der Waals surface area contributed by atoms with E-state index in [0.717, 1.165) is 17.0 Å². The average molecular weight is 371 g/mol. The summed E-state index contributed by atoms with van der Waals surface area (Å²) in [7, 11) is 3.19. The molecule has 0 radical (unpaired) electrons. The fourth-order valence-electron chi connectivity index (χ4n) is 2.61. The van der Waals surface area contributed by atoms with E-state index in [1.807, 2.05) is 48.7 Å². The summed E-state index contributed by atoms with van der Waals surface area (Å²) >= 11 is 0. The third-order valence-corrected chi connectivity index (χ3v) is 4.25. The van der Waals surface area contributed by atoms with Gasteiger partial charge in [-0.05, 0) is 25.5 Å². The lowest BCUT2D eigenvalue weighted by atomic mass is 10.2. The SMILES string of the molecule is Cc1cc(C(=O)OCC(=O)NCC(=O)N(C)C)c(C)n1Cc1ccccc1. The average Bonchev–Trinajstić information content (AvgIpc) is 2.93. The van der Waals surface area contributed by atoms with E-state index in [1.165, 1.54) is 4.90 Å². The molecule has 0 saturated heterocycles. The Labute approximate surface area is 158 Å². The molecule has 144 valence electrons. The van der Waals surface area contributed by atoms with Gasteiger partial charge in [-0.3, -0.25) is 9.59 Å². The zero-order chi connectivity index (χ0) is 20.0. The van der Waals surface area contributed by atoms with Crippen LogP contribution in [-0.4, -0.2) is 54.5 Å². The standard InChI is InChI=1S/C20H25N3O4/c1-14-10-17(15(2)23(14)12-16-8-6-5-7-9-16)20(26)27-13-18(24)21-11-19(25)22(3)4/h5-10H,11-13H2,1-4H3,(H,21,24). The van der Waals surface area contributed by atoms with Crippen molar-refractivity contribution in [1.82, 2.24) is 14.8 Å². The molecule has 27 heavy (non-hydrogen) atoms. The van der Waals surface area contributed by atoms with Crippen molar-refractivity contribution in [2.75, 3.05) is 27.2 Å². The van der Waals surface area contributed by atoms with Crippen molar-refractivity contribution in [3.63, 3.8) is 0 Å². The Hall–Kier alpha value is -3.09. The number of carbonyl (C=O) groups is 3. The van der Waals surface area contributed by atoms with Crippen LogP contribution in [-0.2, 0) is 20.9 Å². The molecule has 1 aromatic heterocycles. The normalized spacial score (nSPS) is 10.4. The second-order valence-corrected chi connectivity index (χ2v) is 6.50. The third-order valence-electron chi connectivity index (χ3n) is 4.25. The number of aryl methyl sites for hydroxylation is 1. The molecule has 0 unspecified atom stereocenters. The summed E-state index contributed by atoms with van der Waals surface area (Å²) in [6, 6.07) is 11.7. The second kappa shape index (κ2) is 9.02. The number of benzene rings is 1. The Balaban J connectivity index is 1.96. The fourth-order valence-corrected chi connectivity index (χ4v) is 2.61. The van der Waals surface area contributed by atoms with Gasteiger partial charge in [0.2, 0.25) is 5.91 Å². The van der Waals surface area contributed by atoms with E-state index in [9.17, 15) is 14.4 Å². The minimum atomic E-state index is -0.559. The van der Waals surface area contributed by atoms with Crippen molar-refractivity contribution in [2.24, 2.45) is 0 Å². The first-order valence-corrected chi connectivity index (χ1v) is 8.64. The fraction of sp³-hybridized carbons (Fsp3) is 0.350. The summed E-state index contributed by atoms with van der Waals surface area (Å²) in [5, 5.41) is 2.42. The van der Waals surface area contributed by atoms with Crippen molar-refractivity contribution >= 4 is 17.8 Å². The first kappa shape index (κ1) is 20.2. The van der Waals surface area contributed by atoms with Gasteiger partial charge in [0.1, 0.15) is 0 Å². The Kier molecular flexibility index (Phi) is 6.76. The van der Waals surface area contributed by atoms with Crippen LogP contribution in [0.5, 0.6) is 0 Å². The molecule has 7 nitrogen and oxygen atoms in total. The minimum Gasteiger partial charge on any atom is -0.452 e. The van der Waals surface area contributed by atoms with Gasteiger partial charge in [0.25, 0.3) is 5.91 Å². The number of aromatic nitrogens is 1. The monoisotopic (exact) mass is 371 g/mol. The minimum absolute atomic E-state index is 0.130. The number of hydrogen-bond acceptors (Lipinski definition) is 4. The van der Waals surface area contributed by atoms with Crippen LogP contribution < -0.4 is 5.32 Å². The zero-order valence-corrected chi connectivity index (χ0v) is 16.1. The van der Waals surface area contributed by atoms with E-state index in [4.69, 9.17) is 4.74 Å². The molecule has 0 bridgehead atoms. The molecular weight excluding hydrogens is 346 g/mol. The number of ether oxygens (including phenoxy) is 1. The van der Waals surface area contributed by atoms with Crippen LogP contribution >= 0.6 is 0 Å². The molecule has 2 amide bonds. The van der Waals surface area contributed by atoms with Crippen molar-refractivity contribution in [2.45, 2.75) is 20.4 Å². The van der Waals surface area contributed by atoms with E-state index in [-0.39, 0.29) is 12.5 Å². The summed E-state index contributed by atoms with van der Waals surface area (Å²) < 4.78 is 7.12. The molecule has 0 saturated carbocycles. The zero-order valence-electron chi connectivity index (χ0n) is 16.1. The predicted octanol–water partition coefficient (Wildman–Crippen LogP) is 1.51. The van der Waals surface area contributed by atoms with E-state index < -0.39 is 18.5 Å². The second-order valence-electron chi connectivity index (χ2n) is 6.50. The molecule has 1 N–H and O–H groups in total. The molecule has 0 aliphatic rings. The maximum Gasteiger partial charge on any atom is 0.340 e. The van der Waals surface area contributed by atoms with Gasteiger partial charge in [-0.2, -0.15) is 0 Å². The first-order chi connectivity index (χ1) is 12.8. The van der Waals surface area contributed by atoms with Gasteiger partial charge in [-0.1, -0.05) is 30.3 Å². The summed E-state index contributed by atoms with van der Waals surface area (Å²) in [5.74, 6) is -1.31. The summed E-state index contributed by atoms with van der Waals surface area (Å²) in [6.45, 7) is 3.87. The number of nitrogens with zero attached hydrogens (tertiary/aromatic N) is 2. The van der Waals surface area contributed by atoms with Crippen LogP contribution in [0.3, 0.4) is 0 Å². The quantitative estimate of drug-likeness (QED) is 0.748. The molecule has 0 aliphatic carbocycles. The van der Waals surface area contributed by atoms with E-state index >= 15 is 0 Å². The highest BCUT2D eigenvalue weighted by atomic mass is 16.5. The van der Waals surface area contributed by atoms with Crippen LogP contribution in [0.1, 0.15) is 27.3 Å². The highest BCUT2D eigenvalue weighted by Crippen LogP contribution is 2.18. The summed E-state index contributed by atoms with van der Waals surface area (Å²) in [4.78, 5) is 36.9. The Morgan fingerprint density at radius 3 is 2.41 bits per heavy atom. The molecule has 1 aromatic carbocycles. The lowest BCUT2D eigenvalue weighted by Crippen LogP contribution is -2.38. The van der Waals surface area contributed by atoms with Crippen molar-refractivity contribution in [3.8, 4) is 0 Å².